The number of nitrogens with one attached hydrogen (secondary N) is 3. The number of carbonyl (C=O) groups is 1. The van der Waals surface area contributed by atoms with Gasteiger partial charge in [-0.05, 0) is 25.3 Å². The van der Waals surface area contributed by atoms with Crippen LogP contribution in [0.3, 0.4) is 0 Å². The molecule has 0 atom stereocenters. The van der Waals surface area contributed by atoms with E-state index in [1.807, 2.05) is 13.8 Å². The first-order chi connectivity index (χ1) is 10.0. The van der Waals surface area contributed by atoms with Crippen molar-refractivity contribution in [1.82, 2.24) is 15.3 Å². The first kappa shape index (κ1) is 17.2. The fourth-order valence-corrected chi connectivity index (χ4v) is 1.82. The van der Waals surface area contributed by atoms with Crippen molar-refractivity contribution >= 4 is 12.0 Å². The molecule has 1 heterocycles. The van der Waals surface area contributed by atoms with Crippen LogP contribution in [-0.4, -0.2) is 29.1 Å². The number of unbranched alkanes of at least 4 members (excludes halogenated alkanes) is 3. The number of amides is 2. The lowest BCUT2D eigenvalue weighted by atomic mass is 10.1. The number of nitrogens with two attached hydrogens (primary N) is 1. The highest BCUT2D eigenvalue weighted by molar-refractivity contribution is 5.87. The maximum absolute atomic E-state index is 11.7. The quantitative estimate of drug-likeness (QED) is 0.545. The fraction of sp³-hybridized carbons (Fsp3) is 0.643. The molecule has 0 bridgehead atoms. The molecule has 0 unspecified atom stereocenters. The minimum atomic E-state index is -0.366. The van der Waals surface area contributed by atoms with Crippen molar-refractivity contribution in [3.05, 3.63) is 22.1 Å². The normalized spacial score (nSPS) is 10.7. The highest BCUT2D eigenvalue weighted by Crippen LogP contribution is 2.09. The van der Waals surface area contributed by atoms with E-state index in [4.69, 9.17) is 5.73 Å². The molecule has 5 N–H and O–H groups in total. The minimum absolute atomic E-state index is 0.159. The Morgan fingerprint density at radius 1 is 1.33 bits per heavy atom. The molecule has 7 heteroatoms. The van der Waals surface area contributed by atoms with Crippen LogP contribution >= 0.6 is 0 Å². The lowest BCUT2D eigenvalue weighted by molar-refractivity contribution is 0.251. The zero-order chi connectivity index (χ0) is 15.7. The van der Waals surface area contributed by atoms with E-state index in [-0.39, 0.29) is 23.5 Å². The van der Waals surface area contributed by atoms with Crippen LogP contribution in [0, 0.1) is 0 Å². The summed E-state index contributed by atoms with van der Waals surface area (Å²) >= 11 is 0. The Kier molecular flexibility index (Phi) is 7.45. The lowest BCUT2D eigenvalue weighted by Crippen LogP contribution is -2.31. The van der Waals surface area contributed by atoms with E-state index in [0.29, 0.717) is 13.1 Å². The smallest absolute Gasteiger partial charge is 0.321 e. The van der Waals surface area contributed by atoms with Gasteiger partial charge < -0.3 is 16.0 Å². The number of carbonyl (C=O) groups excluding carboxylic acids is 1. The van der Waals surface area contributed by atoms with Gasteiger partial charge >= 0.3 is 6.03 Å². The summed E-state index contributed by atoms with van der Waals surface area (Å²) in [7, 11) is 0. The highest BCUT2D eigenvalue weighted by Gasteiger charge is 2.07. The number of aromatic amines is 1. The molecular weight excluding hydrogens is 270 g/mol. The van der Waals surface area contributed by atoms with Gasteiger partial charge in [0.25, 0.3) is 5.56 Å². The first-order valence-corrected chi connectivity index (χ1v) is 7.39. The third-order valence-electron chi connectivity index (χ3n) is 3.03. The Balaban J connectivity index is 2.39. The van der Waals surface area contributed by atoms with E-state index in [2.05, 4.69) is 20.6 Å². The number of anilines is 1. The van der Waals surface area contributed by atoms with Crippen LogP contribution in [0.2, 0.25) is 0 Å². The van der Waals surface area contributed by atoms with Crippen LogP contribution in [0.25, 0.3) is 0 Å². The van der Waals surface area contributed by atoms with Crippen molar-refractivity contribution in [3.8, 4) is 0 Å². The number of hydrogen-bond donors (Lipinski definition) is 4. The molecule has 7 nitrogen and oxygen atoms in total. The van der Waals surface area contributed by atoms with E-state index in [0.717, 1.165) is 31.4 Å². The summed E-state index contributed by atoms with van der Waals surface area (Å²) in [6.07, 6.45) is 4.03. The van der Waals surface area contributed by atoms with Gasteiger partial charge in [0.2, 0.25) is 5.95 Å². The van der Waals surface area contributed by atoms with Crippen LogP contribution in [0.15, 0.2) is 10.9 Å². The topological polar surface area (TPSA) is 113 Å². The van der Waals surface area contributed by atoms with Crippen molar-refractivity contribution in [1.29, 1.82) is 0 Å². The minimum Gasteiger partial charge on any atom is -0.338 e. The Morgan fingerprint density at radius 2 is 2.05 bits per heavy atom. The monoisotopic (exact) mass is 295 g/mol. The van der Waals surface area contributed by atoms with E-state index >= 15 is 0 Å². The van der Waals surface area contributed by atoms with Crippen molar-refractivity contribution in [2.75, 3.05) is 18.4 Å². The second-order valence-corrected chi connectivity index (χ2v) is 5.26. The maximum atomic E-state index is 11.7. The number of aromatic nitrogens is 2. The van der Waals surface area contributed by atoms with E-state index in [1.165, 1.54) is 6.07 Å². The predicted octanol–water partition coefficient (Wildman–Crippen LogP) is 1.53. The first-order valence-electron chi connectivity index (χ1n) is 7.39. The molecule has 21 heavy (non-hydrogen) atoms. The number of nitrogens with zero attached hydrogens (tertiary/aromatic N) is 1. The van der Waals surface area contributed by atoms with Gasteiger partial charge in [0.05, 0.1) is 0 Å². The van der Waals surface area contributed by atoms with E-state index < -0.39 is 0 Å². The summed E-state index contributed by atoms with van der Waals surface area (Å²) in [5, 5.41) is 5.28. The summed E-state index contributed by atoms with van der Waals surface area (Å²) in [6, 6.07) is 1.07. The Labute approximate surface area is 124 Å². The molecule has 1 aromatic heterocycles. The standard InChI is InChI=1S/C14H25N5O2/c1-10(2)11-9-12(20)18-13(17-11)19-14(21)16-8-6-4-3-5-7-15/h9-10H,3-8,15H2,1-2H3,(H3,16,17,18,19,20,21). The molecule has 0 saturated heterocycles. The zero-order valence-corrected chi connectivity index (χ0v) is 12.7. The van der Waals surface area contributed by atoms with Crippen molar-refractivity contribution < 1.29 is 4.79 Å². The Hall–Kier alpha value is -1.89. The summed E-state index contributed by atoms with van der Waals surface area (Å²) < 4.78 is 0. The molecule has 0 fully saturated rings. The van der Waals surface area contributed by atoms with Gasteiger partial charge in [-0.25, -0.2) is 4.79 Å². The average Bonchev–Trinajstić information content (AvgIpc) is 2.42. The van der Waals surface area contributed by atoms with E-state index in [9.17, 15) is 9.59 Å². The third-order valence-corrected chi connectivity index (χ3v) is 3.03. The number of hydrogen-bond acceptors (Lipinski definition) is 4. The molecule has 2 amide bonds. The second kappa shape index (κ2) is 9.12. The molecule has 0 aliphatic carbocycles. The van der Waals surface area contributed by atoms with Crippen LogP contribution in [0.4, 0.5) is 10.7 Å². The summed E-state index contributed by atoms with van der Waals surface area (Å²) in [6.45, 7) is 5.20. The molecular formula is C14H25N5O2. The average molecular weight is 295 g/mol. The third kappa shape index (κ3) is 6.89. The second-order valence-electron chi connectivity index (χ2n) is 5.26. The lowest BCUT2D eigenvalue weighted by Gasteiger charge is -2.09. The van der Waals surface area contributed by atoms with E-state index in [1.54, 1.807) is 0 Å². The molecule has 118 valence electrons. The number of H-pyrrole nitrogens is 1. The van der Waals surface area contributed by atoms with Gasteiger partial charge in [0.1, 0.15) is 0 Å². The molecule has 0 aromatic carbocycles. The van der Waals surface area contributed by atoms with Gasteiger partial charge in [-0.15, -0.1) is 0 Å². The van der Waals surface area contributed by atoms with Crippen LogP contribution in [-0.2, 0) is 0 Å². The van der Waals surface area contributed by atoms with Crippen molar-refractivity contribution in [2.45, 2.75) is 45.4 Å². The molecule has 0 spiro atoms. The predicted molar refractivity (Wildman–Crippen MR) is 83.5 cm³/mol. The SMILES string of the molecule is CC(C)c1cc(=O)nc(NC(=O)NCCCCCCN)[nH]1. The van der Waals surface area contributed by atoms with Gasteiger partial charge in [-0.2, -0.15) is 4.98 Å². The summed E-state index contributed by atoms with van der Waals surface area (Å²) in [4.78, 5) is 29.8. The molecule has 0 aliphatic heterocycles. The molecule has 0 saturated carbocycles. The van der Waals surface area contributed by atoms with Gasteiger partial charge in [-0.1, -0.05) is 26.7 Å². The zero-order valence-electron chi connectivity index (χ0n) is 12.7. The fourth-order valence-electron chi connectivity index (χ4n) is 1.82. The van der Waals surface area contributed by atoms with Crippen molar-refractivity contribution in [2.24, 2.45) is 5.73 Å². The number of urea groups is 1. The summed E-state index contributed by atoms with van der Waals surface area (Å²) in [5.74, 6) is 0.332. The van der Waals surface area contributed by atoms with Gasteiger partial charge in [0, 0.05) is 18.3 Å². The molecule has 1 rings (SSSR count). The highest BCUT2D eigenvalue weighted by atomic mass is 16.2. The van der Waals surface area contributed by atoms with Crippen LogP contribution < -0.4 is 21.9 Å². The molecule has 0 radical (unpaired) electrons. The Morgan fingerprint density at radius 3 is 2.71 bits per heavy atom. The summed E-state index contributed by atoms with van der Waals surface area (Å²) in [5.41, 5.74) is 5.78. The van der Waals surface area contributed by atoms with Crippen LogP contribution in [0.5, 0.6) is 0 Å². The van der Waals surface area contributed by atoms with Crippen molar-refractivity contribution in [3.63, 3.8) is 0 Å². The Bertz CT molecular complexity index is 498. The maximum Gasteiger partial charge on any atom is 0.321 e. The number of rotatable bonds is 8. The largest absolute Gasteiger partial charge is 0.338 e. The van der Waals surface area contributed by atoms with Gasteiger partial charge in [-0.3, -0.25) is 10.1 Å². The van der Waals surface area contributed by atoms with Gasteiger partial charge in [0.15, 0.2) is 0 Å². The molecule has 1 aromatic rings. The molecule has 0 aliphatic rings. The van der Waals surface area contributed by atoms with Crippen LogP contribution in [0.1, 0.15) is 51.1 Å².